The maximum atomic E-state index is 5.81. The van der Waals surface area contributed by atoms with Crippen molar-refractivity contribution >= 4 is 23.5 Å². The number of aromatic nitrogens is 7. The molecular weight excluding hydrogens is 252 g/mol. The Morgan fingerprint density at radius 2 is 2.11 bits per heavy atom. The van der Waals surface area contributed by atoms with E-state index in [1.165, 1.54) is 16.3 Å². The Bertz CT molecular complexity index is 715. The van der Waals surface area contributed by atoms with Gasteiger partial charge in [0.1, 0.15) is 5.69 Å². The summed E-state index contributed by atoms with van der Waals surface area (Å²) < 4.78 is 3.25. The van der Waals surface area contributed by atoms with Crippen LogP contribution >= 0.6 is 11.8 Å². The van der Waals surface area contributed by atoms with Gasteiger partial charge in [0.2, 0.25) is 11.8 Å². The van der Waals surface area contributed by atoms with Crippen molar-refractivity contribution in [3.05, 3.63) is 12.5 Å². The second-order valence-corrected chi connectivity index (χ2v) is 4.38. The van der Waals surface area contributed by atoms with E-state index in [0.29, 0.717) is 16.8 Å². The Kier molecular flexibility index (Phi) is 2.40. The highest BCUT2D eigenvalue weighted by Gasteiger charge is 2.13. The molecule has 8 nitrogen and oxygen atoms in total. The third-order valence-electron chi connectivity index (χ3n) is 2.44. The minimum Gasteiger partial charge on any atom is -0.368 e. The van der Waals surface area contributed by atoms with Crippen LogP contribution < -0.4 is 5.73 Å². The zero-order valence-electron chi connectivity index (χ0n) is 9.77. The molecule has 0 atom stereocenters. The Hall–Kier alpha value is -2.16. The number of thioether (sulfide) groups is 1. The lowest BCUT2D eigenvalue weighted by Crippen LogP contribution is -2.04. The molecule has 0 spiro atoms. The minimum absolute atomic E-state index is 0.269. The number of hydrogen-bond acceptors (Lipinski definition) is 7. The SMILES string of the molecule is CSc1nc(N)n2nc(-c3cncn3C)nc2n1. The molecule has 18 heavy (non-hydrogen) atoms. The van der Waals surface area contributed by atoms with Crippen LogP contribution in [0.5, 0.6) is 0 Å². The predicted molar refractivity (Wildman–Crippen MR) is 67.0 cm³/mol. The van der Waals surface area contributed by atoms with Gasteiger partial charge in [-0.2, -0.15) is 19.5 Å². The summed E-state index contributed by atoms with van der Waals surface area (Å²) in [5, 5.41) is 4.85. The zero-order chi connectivity index (χ0) is 12.7. The van der Waals surface area contributed by atoms with Crippen molar-refractivity contribution in [2.24, 2.45) is 7.05 Å². The number of anilines is 1. The molecule has 3 rings (SSSR count). The van der Waals surface area contributed by atoms with Gasteiger partial charge in [0.15, 0.2) is 5.16 Å². The van der Waals surface area contributed by atoms with Gasteiger partial charge in [0.05, 0.1) is 12.5 Å². The van der Waals surface area contributed by atoms with E-state index in [0.717, 1.165) is 5.69 Å². The lowest BCUT2D eigenvalue weighted by Gasteiger charge is -1.97. The second kappa shape index (κ2) is 3.95. The number of nitrogen functional groups attached to an aromatic ring is 1. The van der Waals surface area contributed by atoms with Crippen molar-refractivity contribution in [1.29, 1.82) is 0 Å². The standard InChI is InChI=1S/C9H10N8S/c1-16-4-11-3-5(16)6-12-8-14-9(18-2)13-7(10)17(8)15-6/h3-4H,1-2H3,(H2,10,12,13,14,15). The molecule has 0 aromatic carbocycles. The van der Waals surface area contributed by atoms with Gasteiger partial charge in [0, 0.05) is 7.05 Å². The molecule has 0 aliphatic carbocycles. The third-order valence-corrected chi connectivity index (χ3v) is 2.99. The average Bonchev–Trinajstić information content (AvgIpc) is 2.94. The van der Waals surface area contributed by atoms with Gasteiger partial charge >= 0.3 is 0 Å². The van der Waals surface area contributed by atoms with Gasteiger partial charge in [-0.1, -0.05) is 11.8 Å². The van der Waals surface area contributed by atoms with Gasteiger partial charge < -0.3 is 10.3 Å². The average molecular weight is 262 g/mol. The summed E-state index contributed by atoms with van der Waals surface area (Å²) in [6, 6.07) is 0. The van der Waals surface area contributed by atoms with Crippen molar-refractivity contribution in [1.82, 2.24) is 34.1 Å². The number of nitrogens with two attached hydrogens (primary N) is 1. The van der Waals surface area contributed by atoms with Gasteiger partial charge in [-0.3, -0.25) is 0 Å². The fourth-order valence-corrected chi connectivity index (χ4v) is 1.92. The van der Waals surface area contributed by atoms with Crippen LogP contribution in [-0.2, 0) is 7.05 Å². The fraction of sp³-hybridized carbons (Fsp3) is 0.222. The van der Waals surface area contributed by atoms with E-state index in [1.807, 2.05) is 17.9 Å². The molecule has 9 heteroatoms. The third kappa shape index (κ3) is 1.59. The van der Waals surface area contributed by atoms with Gasteiger partial charge in [-0.25, -0.2) is 4.98 Å². The molecule has 0 radical (unpaired) electrons. The highest BCUT2D eigenvalue weighted by atomic mass is 32.2. The van der Waals surface area contributed by atoms with Crippen LogP contribution in [0.25, 0.3) is 17.3 Å². The smallest absolute Gasteiger partial charge is 0.258 e. The number of rotatable bonds is 2. The molecule has 0 aliphatic rings. The van der Waals surface area contributed by atoms with Crippen LogP contribution in [0, 0.1) is 0 Å². The van der Waals surface area contributed by atoms with Crippen molar-refractivity contribution in [2.45, 2.75) is 5.16 Å². The number of imidazole rings is 1. The molecule has 0 aliphatic heterocycles. The van der Waals surface area contributed by atoms with E-state index in [2.05, 4.69) is 25.0 Å². The van der Waals surface area contributed by atoms with E-state index in [9.17, 15) is 0 Å². The van der Waals surface area contributed by atoms with Gasteiger partial charge in [-0.15, -0.1) is 5.10 Å². The molecule has 92 valence electrons. The van der Waals surface area contributed by atoms with Crippen LogP contribution in [0.1, 0.15) is 0 Å². The summed E-state index contributed by atoms with van der Waals surface area (Å²) in [7, 11) is 1.87. The highest BCUT2D eigenvalue weighted by Crippen LogP contribution is 2.17. The maximum Gasteiger partial charge on any atom is 0.258 e. The first-order chi connectivity index (χ1) is 8.69. The van der Waals surface area contributed by atoms with Crippen molar-refractivity contribution in [3.8, 4) is 11.5 Å². The molecule has 0 saturated heterocycles. The number of nitrogens with zero attached hydrogens (tertiary/aromatic N) is 7. The van der Waals surface area contributed by atoms with Crippen LogP contribution in [0.3, 0.4) is 0 Å². The first kappa shape index (κ1) is 11.0. The fourth-order valence-electron chi connectivity index (χ4n) is 1.56. The molecule has 0 unspecified atom stereocenters. The minimum atomic E-state index is 0.269. The monoisotopic (exact) mass is 262 g/mol. The number of fused-ring (bicyclic) bond motifs is 1. The second-order valence-electron chi connectivity index (χ2n) is 3.61. The zero-order valence-corrected chi connectivity index (χ0v) is 10.6. The Morgan fingerprint density at radius 3 is 2.78 bits per heavy atom. The lowest BCUT2D eigenvalue weighted by atomic mass is 10.4. The van der Waals surface area contributed by atoms with E-state index in [-0.39, 0.29) is 5.95 Å². The Balaban J connectivity index is 2.23. The molecule has 0 amide bonds. The van der Waals surface area contributed by atoms with E-state index >= 15 is 0 Å². The Morgan fingerprint density at radius 1 is 1.28 bits per heavy atom. The molecule has 3 aromatic heterocycles. The lowest BCUT2D eigenvalue weighted by molar-refractivity contribution is 0.847. The predicted octanol–water partition coefficient (Wildman–Crippen LogP) is 0.224. The summed E-state index contributed by atoms with van der Waals surface area (Å²) in [6.07, 6.45) is 5.25. The maximum absolute atomic E-state index is 5.81. The largest absolute Gasteiger partial charge is 0.368 e. The normalized spacial score (nSPS) is 11.2. The quantitative estimate of drug-likeness (QED) is 0.659. The summed E-state index contributed by atoms with van der Waals surface area (Å²) in [5.41, 5.74) is 6.61. The molecule has 2 N–H and O–H groups in total. The van der Waals surface area contributed by atoms with Crippen molar-refractivity contribution in [2.75, 3.05) is 12.0 Å². The van der Waals surface area contributed by atoms with E-state index < -0.39 is 0 Å². The van der Waals surface area contributed by atoms with Crippen molar-refractivity contribution < 1.29 is 0 Å². The van der Waals surface area contributed by atoms with E-state index in [1.54, 1.807) is 12.5 Å². The highest BCUT2D eigenvalue weighted by molar-refractivity contribution is 7.98. The van der Waals surface area contributed by atoms with Crippen LogP contribution in [0.15, 0.2) is 17.7 Å². The first-order valence-electron chi connectivity index (χ1n) is 5.10. The van der Waals surface area contributed by atoms with Crippen molar-refractivity contribution in [3.63, 3.8) is 0 Å². The Labute approximate surface area is 106 Å². The molecule has 0 saturated carbocycles. The summed E-state index contributed by atoms with van der Waals surface area (Å²) in [6.45, 7) is 0. The van der Waals surface area contributed by atoms with Gasteiger partial charge in [0.25, 0.3) is 5.78 Å². The molecular formula is C9H10N8S. The first-order valence-corrected chi connectivity index (χ1v) is 6.32. The number of aryl methyl sites for hydroxylation is 1. The summed E-state index contributed by atoms with van der Waals surface area (Å²) in [5.74, 6) is 1.22. The van der Waals surface area contributed by atoms with E-state index in [4.69, 9.17) is 5.73 Å². The summed E-state index contributed by atoms with van der Waals surface area (Å²) in [4.78, 5) is 16.7. The molecule has 3 aromatic rings. The van der Waals surface area contributed by atoms with Crippen LogP contribution in [-0.4, -0.2) is 40.4 Å². The van der Waals surface area contributed by atoms with Crippen LogP contribution in [0.2, 0.25) is 0 Å². The summed E-state index contributed by atoms with van der Waals surface area (Å²) >= 11 is 1.41. The van der Waals surface area contributed by atoms with Crippen LogP contribution in [0.4, 0.5) is 5.95 Å². The molecule has 3 heterocycles. The molecule has 0 fully saturated rings. The topological polar surface area (TPSA) is 99.8 Å². The van der Waals surface area contributed by atoms with Gasteiger partial charge in [-0.05, 0) is 6.26 Å². The number of hydrogen-bond donors (Lipinski definition) is 1. The molecule has 0 bridgehead atoms.